The highest BCUT2D eigenvalue weighted by molar-refractivity contribution is 5.98. The number of carbonyl (C=O) groups is 1. The first-order valence-electron chi connectivity index (χ1n) is 5.78. The molecule has 0 bridgehead atoms. The van der Waals surface area contributed by atoms with Gasteiger partial charge in [0.2, 0.25) is 5.91 Å². The second-order valence-corrected chi connectivity index (χ2v) is 4.31. The summed E-state index contributed by atoms with van der Waals surface area (Å²) in [5.74, 6) is 0.0287. The molecule has 0 fully saturated rings. The van der Waals surface area contributed by atoms with Crippen molar-refractivity contribution in [3.05, 3.63) is 65.7 Å². The number of nitrogens with one attached hydrogen (secondary N) is 1. The average molecular weight is 223 g/mol. The molecule has 2 nitrogen and oxygen atoms in total. The molecular formula is C15H13NO. The van der Waals surface area contributed by atoms with Gasteiger partial charge >= 0.3 is 0 Å². The second kappa shape index (κ2) is 4.06. The van der Waals surface area contributed by atoms with E-state index in [2.05, 4.69) is 11.4 Å². The molecule has 0 aromatic heterocycles. The number of anilines is 1. The van der Waals surface area contributed by atoms with Gasteiger partial charge < -0.3 is 5.32 Å². The minimum absolute atomic E-state index is 0.0638. The van der Waals surface area contributed by atoms with E-state index in [1.165, 1.54) is 5.56 Å². The van der Waals surface area contributed by atoms with Crippen molar-refractivity contribution in [2.24, 2.45) is 0 Å². The normalized spacial score (nSPS) is 18.4. The Morgan fingerprint density at radius 3 is 2.47 bits per heavy atom. The third-order valence-electron chi connectivity index (χ3n) is 3.22. The van der Waals surface area contributed by atoms with Gasteiger partial charge in [0, 0.05) is 5.69 Å². The zero-order valence-corrected chi connectivity index (χ0v) is 9.39. The molecule has 0 unspecified atom stereocenters. The van der Waals surface area contributed by atoms with E-state index in [0.29, 0.717) is 0 Å². The second-order valence-electron chi connectivity index (χ2n) is 4.31. The fraction of sp³-hybridized carbons (Fsp3) is 0.133. The number of hydrogen-bond donors (Lipinski definition) is 1. The number of rotatable bonds is 1. The fourth-order valence-corrected chi connectivity index (χ4v) is 2.31. The van der Waals surface area contributed by atoms with Crippen LogP contribution in [0.4, 0.5) is 5.69 Å². The predicted octanol–water partition coefficient (Wildman–Crippen LogP) is 2.97. The molecule has 0 aliphatic carbocycles. The molecule has 1 aliphatic heterocycles. The molecule has 1 heterocycles. The molecule has 84 valence electrons. The summed E-state index contributed by atoms with van der Waals surface area (Å²) >= 11 is 0. The highest BCUT2D eigenvalue weighted by Crippen LogP contribution is 2.30. The van der Waals surface area contributed by atoms with Gasteiger partial charge in [-0.3, -0.25) is 4.79 Å². The summed E-state index contributed by atoms with van der Waals surface area (Å²) < 4.78 is 0. The molecule has 2 heteroatoms. The maximum Gasteiger partial charge on any atom is 0.232 e. The summed E-state index contributed by atoms with van der Waals surface area (Å²) in [6.07, 6.45) is 0.784. The van der Waals surface area contributed by atoms with Crippen LogP contribution in [0.15, 0.2) is 54.6 Å². The van der Waals surface area contributed by atoms with Crippen LogP contribution in [0.5, 0.6) is 0 Å². The lowest BCUT2D eigenvalue weighted by molar-refractivity contribution is -0.117. The SMILES string of the molecule is O=C1Nc2ccccc2C[C@H]1c1ccccc1. The Hall–Kier alpha value is -2.09. The summed E-state index contributed by atoms with van der Waals surface area (Å²) in [6.45, 7) is 0. The molecule has 17 heavy (non-hydrogen) atoms. The van der Waals surface area contributed by atoms with Crippen LogP contribution in [0.3, 0.4) is 0 Å². The van der Waals surface area contributed by atoms with Crippen LogP contribution >= 0.6 is 0 Å². The van der Waals surface area contributed by atoms with Crippen molar-refractivity contribution in [3.63, 3.8) is 0 Å². The Kier molecular flexibility index (Phi) is 2.41. The largest absolute Gasteiger partial charge is 0.325 e. The zero-order chi connectivity index (χ0) is 11.7. The summed E-state index contributed by atoms with van der Waals surface area (Å²) in [5.41, 5.74) is 3.24. The van der Waals surface area contributed by atoms with Crippen molar-refractivity contribution in [1.29, 1.82) is 0 Å². The maximum absolute atomic E-state index is 12.0. The fourth-order valence-electron chi connectivity index (χ4n) is 2.31. The monoisotopic (exact) mass is 223 g/mol. The number of carbonyl (C=O) groups excluding carboxylic acids is 1. The highest BCUT2D eigenvalue weighted by atomic mass is 16.1. The van der Waals surface area contributed by atoms with E-state index in [1.54, 1.807) is 0 Å². The highest BCUT2D eigenvalue weighted by Gasteiger charge is 2.26. The number of fused-ring (bicyclic) bond motifs is 1. The van der Waals surface area contributed by atoms with Gasteiger partial charge in [-0.15, -0.1) is 0 Å². The Labute approximate surface area is 100 Å². The summed E-state index contributed by atoms with van der Waals surface area (Å²) in [5, 5.41) is 2.97. The third-order valence-corrected chi connectivity index (χ3v) is 3.22. The number of para-hydroxylation sites is 1. The minimum Gasteiger partial charge on any atom is -0.325 e. The lowest BCUT2D eigenvalue weighted by Gasteiger charge is -2.24. The first-order chi connectivity index (χ1) is 8.34. The van der Waals surface area contributed by atoms with Crippen LogP contribution in [0.2, 0.25) is 0 Å². The summed E-state index contributed by atoms with van der Waals surface area (Å²) in [4.78, 5) is 12.0. The molecule has 2 aromatic carbocycles. The molecule has 1 aliphatic rings. The van der Waals surface area contributed by atoms with E-state index in [-0.39, 0.29) is 11.8 Å². The van der Waals surface area contributed by atoms with E-state index in [1.807, 2.05) is 48.5 Å². The van der Waals surface area contributed by atoms with Gasteiger partial charge in [-0.05, 0) is 23.6 Å². The Balaban J connectivity index is 1.98. The molecule has 2 aromatic rings. The van der Waals surface area contributed by atoms with E-state index >= 15 is 0 Å². The van der Waals surface area contributed by atoms with E-state index in [9.17, 15) is 4.79 Å². The van der Waals surface area contributed by atoms with Gasteiger partial charge in [0.05, 0.1) is 5.92 Å². The lowest BCUT2D eigenvalue weighted by atomic mass is 9.88. The summed E-state index contributed by atoms with van der Waals surface area (Å²) in [7, 11) is 0. The van der Waals surface area contributed by atoms with Crippen molar-refractivity contribution in [3.8, 4) is 0 Å². The van der Waals surface area contributed by atoms with Crippen LogP contribution in [0.25, 0.3) is 0 Å². The first-order valence-corrected chi connectivity index (χ1v) is 5.78. The average Bonchev–Trinajstić information content (AvgIpc) is 2.39. The molecule has 0 radical (unpaired) electrons. The topological polar surface area (TPSA) is 29.1 Å². The molecule has 0 saturated heterocycles. The van der Waals surface area contributed by atoms with E-state index < -0.39 is 0 Å². The van der Waals surface area contributed by atoms with Gasteiger partial charge in [0.25, 0.3) is 0 Å². The quantitative estimate of drug-likeness (QED) is 0.791. The molecule has 0 saturated carbocycles. The van der Waals surface area contributed by atoms with Gasteiger partial charge in [0.15, 0.2) is 0 Å². The van der Waals surface area contributed by atoms with Crippen LogP contribution in [-0.2, 0) is 11.2 Å². The van der Waals surface area contributed by atoms with Gasteiger partial charge in [0.1, 0.15) is 0 Å². The Bertz CT molecular complexity index is 548. The minimum atomic E-state index is -0.0638. The van der Waals surface area contributed by atoms with Crippen molar-refractivity contribution in [2.45, 2.75) is 12.3 Å². The number of amides is 1. The molecule has 1 N–H and O–H groups in total. The predicted molar refractivity (Wildman–Crippen MR) is 68.0 cm³/mol. The van der Waals surface area contributed by atoms with Crippen LogP contribution in [0.1, 0.15) is 17.0 Å². The van der Waals surface area contributed by atoms with Crippen LogP contribution in [-0.4, -0.2) is 5.91 Å². The van der Waals surface area contributed by atoms with Gasteiger partial charge in [-0.1, -0.05) is 48.5 Å². The van der Waals surface area contributed by atoms with Gasteiger partial charge in [-0.2, -0.15) is 0 Å². The van der Waals surface area contributed by atoms with Crippen molar-refractivity contribution in [2.75, 3.05) is 5.32 Å². The third kappa shape index (κ3) is 1.82. The Morgan fingerprint density at radius 1 is 0.941 bits per heavy atom. The first kappa shape index (κ1) is 10.1. The van der Waals surface area contributed by atoms with Crippen LogP contribution in [0, 0.1) is 0 Å². The van der Waals surface area contributed by atoms with Crippen molar-refractivity contribution >= 4 is 11.6 Å². The molecule has 1 amide bonds. The van der Waals surface area contributed by atoms with Crippen molar-refractivity contribution < 1.29 is 4.79 Å². The molecule has 3 rings (SSSR count). The van der Waals surface area contributed by atoms with E-state index in [4.69, 9.17) is 0 Å². The summed E-state index contributed by atoms with van der Waals surface area (Å²) in [6, 6.07) is 17.9. The number of hydrogen-bond acceptors (Lipinski definition) is 1. The van der Waals surface area contributed by atoms with Crippen molar-refractivity contribution in [1.82, 2.24) is 0 Å². The zero-order valence-electron chi connectivity index (χ0n) is 9.39. The molecule has 1 atom stereocenters. The van der Waals surface area contributed by atoms with Gasteiger partial charge in [-0.25, -0.2) is 0 Å². The standard InChI is InChI=1S/C15H13NO/c17-15-13(11-6-2-1-3-7-11)10-12-8-4-5-9-14(12)16-15/h1-9,13H,10H2,(H,16,17)/t13-/m0/s1. The van der Waals surface area contributed by atoms with E-state index in [0.717, 1.165) is 17.7 Å². The maximum atomic E-state index is 12.0. The van der Waals surface area contributed by atoms with Crippen LogP contribution < -0.4 is 5.32 Å². The Morgan fingerprint density at radius 2 is 1.65 bits per heavy atom. The number of benzene rings is 2. The molecule has 0 spiro atoms. The molecular weight excluding hydrogens is 210 g/mol. The lowest BCUT2D eigenvalue weighted by Crippen LogP contribution is -2.28. The smallest absolute Gasteiger partial charge is 0.232 e.